The van der Waals surface area contributed by atoms with Gasteiger partial charge in [0.2, 0.25) is 0 Å². The van der Waals surface area contributed by atoms with Crippen LogP contribution in [-0.4, -0.2) is 19.4 Å². The first kappa shape index (κ1) is 13.1. The van der Waals surface area contributed by atoms with E-state index in [2.05, 4.69) is 5.32 Å². The van der Waals surface area contributed by atoms with Crippen molar-refractivity contribution < 1.29 is 13.9 Å². The number of halogens is 1. The third kappa shape index (κ3) is 3.55. The molecular weight excluding hydrogens is 245 g/mol. The molecule has 0 unspecified atom stereocenters. The molecule has 0 atom stereocenters. The number of carbonyl (C=O) groups excluding carboxylic acids is 1. The Morgan fingerprint density at radius 3 is 2.63 bits per heavy atom. The number of carbonyl (C=O) groups is 1. The Labute approximate surface area is 111 Å². The van der Waals surface area contributed by atoms with E-state index in [1.807, 2.05) is 18.2 Å². The molecule has 0 saturated heterocycles. The van der Waals surface area contributed by atoms with Crippen LogP contribution in [0.5, 0.6) is 5.75 Å². The van der Waals surface area contributed by atoms with Crippen LogP contribution in [0.3, 0.4) is 0 Å². The van der Waals surface area contributed by atoms with E-state index in [0.717, 1.165) is 11.4 Å². The molecule has 0 heterocycles. The van der Waals surface area contributed by atoms with Gasteiger partial charge < -0.3 is 10.1 Å². The Balaban J connectivity index is 1.98. The van der Waals surface area contributed by atoms with Gasteiger partial charge in [0.05, 0.1) is 13.7 Å². The van der Waals surface area contributed by atoms with E-state index in [1.54, 1.807) is 13.2 Å². The molecule has 0 aliphatic rings. The van der Waals surface area contributed by atoms with Gasteiger partial charge >= 0.3 is 0 Å². The zero-order chi connectivity index (χ0) is 13.7. The summed E-state index contributed by atoms with van der Waals surface area (Å²) in [6, 6.07) is 12.8. The van der Waals surface area contributed by atoms with E-state index in [1.165, 1.54) is 24.3 Å². The van der Waals surface area contributed by atoms with Crippen molar-refractivity contribution in [2.75, 3.05) is 19.0 Å². The second-order valence-corrected chi connectivity index (χ2v) is 4.02. The first-order valence-corrected chi connectivity index (χ1v) is 5.86. The van der Waals surface area contributed by atoms with Crippen molar-refractivity contribution >= 4 is 11.5 Å². The van der Waals surface area contributed by atoms with Gasteiger partial charge in [0.15, 0.2) is 5.78 Å². The Morgan fingerprint density at radius 1 is 1.21 bits per heavy atom. The van der Waals surface area contributed by atoms with Gasteiger partial charge in [-0.2, -0.15) is 0 Å². The molecule has 0 aliphatic carbocycles. The lowest BCUT2D eigenvalue weighted by Crippen LogP contribution is -2.13. The molecule has 0 fully saturated rings. The van der Waals surface area contributed by atoms with Gasteiger partial charge in [-0.05, 0) is 36.4 Å². The van der Waals surface area contributed by atoms with Gasteiger partial charge in [-0.3, -0.25) is 4.79 Å². The number of ketones is 1. The monoisotopic (exact) mass is 259 g/mol. The fraction of sp³-hybridized carbons (Fsp3) is 0.133. The van der Waals surface area contributed by atoms with E-state index < -0.39 is 0 Å². The van der Waals surface area contributed by atoms with Crippen molar-refractivity contribution in [3.05, 3.63) is 59.9 Å². The molecule has 0 radical (unpaired) electrons. The summed E-state index contributed by atoms with van der Waals surface area (Å²) in [7, 11) is 1.59. The van der Waals surface area contributed by atoms with Gasteiger partial charge in [0.1, 0.15) is 11.6 Å². The second-order valence-electron chi connectivity index (χ2n) is 4.02. The normalized spacial score (nSPS) is 10.0. The van der Waals surface area contributed by atoms with Crippen molar-refractivity contribution in [3.8, 4) is 5.75 Å². The van der Waals surface area contributed by atoms with Crippen LogP contribution in [0.1, 0.15) is 10.4 Å². The molecule has 1 N–H and O–H groups in total. The van der Waals surface area contributed by atoms with Gasteiger partial charge in [-0.25, -0.2) is 4.39 Å². The lowest BCUT2D eigenvalue weighted by Gasteiger charge is -2.07. The quantitative estimate of drug-likeness (QED) is 0.838. The van der Waals surface area contributed by atoms with Crippen LogP contribution in [0, 0.1) is 5.82 Å². The highest BCUT2D eigenvalue weighted by Gasteiger charge is 2.05. The van der Waals surface area contributed by atoms with E-state index in [-0.39, 0.29) is 18.1 Å². The molecule has 2 aromatic carbocycles. The first-order chi connectivity index (χ1) is 9.19. The van der Waals surface area contributed by atoms with Gasteiger partial charge in [0, 0.05) is 17.3 Å². The molecular formula is C15H14FNO2. The molecule has 4 heteroatoms. The fourth-order valence-electron chi connectivity index (χ4n) is 1.65. The molecule has 19 heavy (non-hydrogen) atoms. The van der Waals surface area contributed by atoms with Crippen LogP contribution in [-0.2, 0) is 0 Å². The summed E-state index contributed by atoms with van der Waals surface area (Å²) in [5.41, 5.74) is 1.28. The number of methoxy groups -OCH3 is 1. The molecule has 2 rings (SSSR count). The van der Waals surface area contributed by atoms with Gasteiger partial charge in [-0.15, -0.1) is 0 Å². The average molecular weight is 259 g/mol. The number of Topliss-reactive ketones (excluding diaryl/α,β-unsaturated/α-hetero) is 1. The summed E-state index contributed by atoms with van der Waals surface area (Å²) in [6.45, 7) is 0.152. The maximum absolute atomic E-state index is 12.7. The molecule has 0 aliphatic heterocycles. The molecule has 98 valence electrons. The molecule has 0 aromatic heterocycles. The maximum Gasteiger partial charge on any atom is 0.181 e. The minimum atomic E-state index is -0.350. The van der Waals surface area contributed by atoms with Crippen molar-refractivity contribution in [1.82, 2.24) is 0 Å². The minimum absolute atomic E-state index is 0.0946. The smallest absolute Gasteiger partial charge is 0.181 e. The van der Waals surface area contributed by atoms with Crippen LogP contribution >= 0.6 is 0 Å². The molecule has 0 saturated carbocycles. The van der Waals surface area contributed by atoms with Crippen LogP contribution in [0.2, 0.25) is 0 Å². The summed E-state index contributed by atoms with van der Waals surface area (Å²) < 4.78 is 17.8. The third-order valence-electron chi connectivity index (χ3n) is 2.69. The highest BCUT2D eigenvalue weighted by molar-refractivity contribution is 5.98. The Morgan fingerprint density at radius 2 is 1.95 bits per heavy atom. The van der Waals surface area contributed by atoms with E-state index in [0.29, 0.717) is 5.56 Å². The lowest BCUT2D eigenvalue weighted by molar-refractivity contribution is 0.101. The summed E-state index contributed by atoms with van der Waals surface area (Å²) in [6.07, 6.45) is 0. The van der Waals surface area contributed by atoms with E-state index in [4.69, 9.17) is 4.74 Å². The molecule has 0 amide bonds. The summed E-state index contributed by atoms with van der Waals surface area (Å²) in [5, 5.41) is 3.01. The van der Waals surface area contributed by atoms with Gasteiger partial charge in [0.25, 0.3) is 0 Å². The number of ether oxygens (including phenoxy) is 1. The number of rotatable bonds is 5. The van der Waals surface area contributed by atoms with Crippen LogP contribution in [0.15, 0.2) is 48.5 Å². The average Bonchev–Trinajstić information content (AvgIpc) is 2.46. The van der Waals surface area contributed by atoms with Crippen molar-refractivity contribution in [2.24, 2.45) is 0 Å². The molecule has 0 spiro atoms. The van der Waals surface area contributed by atoms with Crippen LogP contribution in [0.25, 0.3) is 0 Å². The van der Waals surface area contributed by atoms with Crippen molar-refractivity contribution in [2.45, 2.75) is 0 Å². The summed E-state index contributed by atoms with van der Waals surface area (Å²) in [4.78, 5) is 11.9. The molecule has 0 bridgehead atoms. The summed E-state index contributed by atoms with van der Waals surface area (Å²) >= 11 is 0. The first-order valence-electron chi connectivity index (χ1n) is 5.86. The highest BCUT2D eigenvalue weighted by atomic mass is 19.1. The predicted molar refractivity (Wildman–Crippen MR) is 72.2 cm³/mol. The maximum atomic E-state index is 12.7. The zero-order valence-corrected chi connectivity index (χ0v) is 10.5. The predicted octanol–water partition coefficient (Wildman–Crippen LogP) is 3.13. The number of benzene rings is 2. The zero-order valence-electron chi connectivity index (χ0n) is 10.5. The van der Waals surface area contributed by atoms with Gasteiger partial charge in [-0.1, -0.05) is 6.07 Å². The molecule has 3 nitrogen and oxygen atoms in total. The van der Waals surface area contributed by atoms with Crippen LogP contribution in [0.4, 0.5) is 10.1 Å². The van der Waals surface area contributed by atoms with Crippen molar-refractivity contribution in [3.63, 3.8) is 0 Å². The van der Waals surface area contributed by atoms with E-state index in [9.17, 15) is 9.18 Å². The number of hydrogen-bond acceptors (Lipinski definition) is 3. The minimum Gasteiger partial charge on any atom is -0.497 e. The topological polar surface area (TPSA) is 38.3 Å². The lowest BCUT2D eigenvalue weighted by atomic mass is 10.1. The highest BCUT2D eigenvalue weighted by Crippen LogP contribution is 2.16. The van der Waals surface area contributed by atoms with E-state index >= 15 is 0 Å². The Kier molecular flexibility index (Phi) is 4.13. The number of anilines is 1. The number of nitrogens with one attached hydrogen (secondary N) is 1. The number of hydrogen-bond donors (Lipinski definition) is 1. The standard InChI is InChI=1S/C15H14FNO2/c1-19-14-4-2-3-13(9-14)17-10-15(18)11-5-7-12(16)8-6-11/h2-9,17H,10H2,1H3. The Hall–Kier alpha value is -2.36. The second kappa shape index (κ2) is 6.00. The third-order valence-corrected chi connectivity index (χ3v) is 2.69. The Bertz CT molecular complexity index is 567. The fourth-order valence-corrected chi connectivity index (χ4v) is 1.65. The van der Waals surface area contributed by atoms with Crippen molar-refractivity contribution in [1.29, 1.82) is 0 Å². The molecule has 2 aromatic rings. The largest absolute Gasteiger partial charge is 0.497 e. The van der Waals surface area contributed by atoms with Crippen LogP contribution < -0.4 is 10.1 Å². The SMILES string of the molecule is COc1cccc(NCC(=O)c2ccc(F)cc2)c1. The summed E-state index contributed by atoms with van der Waals surface area (Å²) in [5.74, 6) is 0.277.